The molecule has 0 aliphatic heterocycles. The number of phenols is 1. The molecule has 4 aliphatic carbocycles. The standard InChI is InChI=1S/C29H28O10/c1-6-7-8-9-13(30)17-18-19-20(27(3,24(17)33)25(34)28(18,4)36)23-21(29(19,37)26(35)38-5)22(32)16-14(31)10-12(2)11-15(16)39-23/h6-11,18-20,30-31,36-37H,1-5H3/b7-6+,9-8+,17-13-/t18-,19+,20-,27-,28+,29+/m1/s1. The number of aliphatic hydroxyl groups excluding tert-OH is 1. The number of Topliss-reactive ketones (excluding diaryl/α,β-unsaturated/α-hetero) is 2. The van der Waals surface area contributed by atoms with Crippen LogP contribution in [0.1, 0.15) is 43.6 Å². The summed E-state index contributed by atoms with van der Waals surface area (Å²) < 4.78 is 11.0. The first kappa shape index (κ1) is 26.6. The second kappa shape index (κ2) is 8.24. The number of methoxy groups -OCH3 is 1. The third kappa shape index (κ3) is 3.04. The summed E-state index contributed by atoms with van der Waals surface area (Å²) in [5, 5.41) is 45.0. The Balaban J connectivity index is 1.95. The summed E-state index contributed by atoms with van der Waals surface area (Å²) in [6.07, 6.45) is 5.88. The highest BCUT2D eigenvalue weighted by molar-refractivity contribution is 6.22. The van der Waals surface area contributed by atoms with Gasteiger partial charge < -0.3 is 29.6 Å². The molecule has 10 nitrogen and oxygen atoms in total. The zero-order chi connectivity index (χ0) is 28.8. The first-order valence-corrected chi connectivity index (χ1v) is 12.4. The van der Waals surface area contributed by atoms with Gasteiger partial charge in [-0.1, -0.05) is 18.2 Å². The van der Waals surface area contributed by atoms with Crippen LogP contribution < -0.4 is 5.43 Å². The second-order valence-corrected chi connectivity index (χ2v) is 10.8. The van der Waals surface area contributed by atoms with Crippen molar-refractivity contribution in [2.24, 2.45) is 17.3 Å². The fourth-order valence-corrected chi connectivity index (χ4v) is 6.96. The van der Waals surface area contributed by atoms with Gasteiger partial charge in [-0.25, -0.2) is 4.79 Å². The number of aliphatic hydroxyl groups is 3. The van der Waals surface area contributed by atoms with E-state index in [4.69, 9.17) is 9.15 Å². The van der Waals surface area contributed by atoms with E-state index in [1.165, 1.54) is 31.2 Å². The number of rotatable bonds is 3. The van der Waals surface area contributed by atoms with Crippen LogP contribution in [-0.2, 0) is 24.7 Å². The van der Waals surface area contributed by atoms with Crippen molar-refractivity contribution in [3.8, 4) is 5.75 Å². The Bertz CT molecular complexity index is 1640. The molecule has 4 N–H and O–H groups in total. The summed E-state index contributed by atoms with van der Waals surface area (Å²) in [5.74, 6) is -8.88. The summed E-state index contributed by atoms with van der Waals surface area (Å²) in [4.78, 5) is 55.0. The molecule has 1 aromatic carbocycles. The number of aryl methyl sites for hydroxylation is 1. The molecule has 3 saturated carbocycles. The minimum atomic E-state index is -2.81. The van der Waals surface area contributed by atoms with Crippen molar-refractivity contribution in [1.82, 2.24) is 0 Å². The minimum Gasteiger partial charge on any atom is -0.508 e. The van der Waals surface area contributed by atoms with Gasteiger partial charge in [0.2, 0.25) is 5.43 Å². The SMILES string of the molecule is C/C=C/C=C/C(O)=C1/C(=O)[C@]2(C)C(=O)[C@@](C)(O)[C@H]1[C@H]1[C@@H]2c2oc3cc(C)cc(O)c3c(=O)c2[C@]1(O)C(=O)OC. The quantitative estimate of drug-likeness (QED) is 0.150. The lowest BCUT2D eigenvalue weighted by Crippen LogP contribution is -2.71. The van der Waals surface area contributed by atoms with Crippen molar-refractivity contribution in [2.75, 3.05) is 7.11 Å². The topological polar surface area (TPSA) is 172 Å². The Morgan fingerprint density at radius 3 is 2.38 bits per heavy atom. The number of hydrogen-bond acceptors (Lipinski definition) is 10. The van der Waals surface area contributed by atoms with Crippen LogP contribution in [0, 0.1) is 24.2 Å². The average Bonchev–Trinajstić information content (AvgIpc) is 3.13. The molecule has 0 saturated heterocycles. The van der Waals surface area contributed by atoms with E-state index in [9.17, 15) is 39.6 Å². The molecule has 0 unspecified atom stereocenters. The maximum Gasteiger partial charge on any atom is 0.343 e. The van der Waals surface area contributed by atoms with Crippen LogP contribution in [0.4, 0.5) is 0 Å². The number of ether oxygens (including phenoxy) is 1. The molecule has 1 heterocycles. The van der Waals surface area contributed by atoms with Crippen molar-refractivity contribution in [2.45, 2.75) is 44.8 Å². The summed E-state index contributed by atoms with van der Waals surface area (Å²) in [7, 11) is 0.988. The lowest BCUT2D eigenvalue weighted by Gasteiger charge is -2.58. The molecule has 2 aromatic rings. The molecule has 4 aliphatic rings. The van der Waals surface area contributed by atoms with Gasteiger partial charge in [0, 0.05) is 23.3 Å². The predicted molar refractivity (Wildman–Crippen MR) is 137 cm³/mol. The molecule has 6 atom stereocenters. The molecule has 39 heavy (non-hydrogen) atoms. The third-order valence-electron chi connectivity index (χ3n) is 8.53. The molecule has 204 valence electrons. The smallest absolute Gasteiger partial charge is 0.343 e. The number of fused-ring (bicyclic) bond motifs is 4. The third-order valence-corrected chi connectivity index (χ3v) is 8.53. The Kier molecular flexibility index (Phi) is 5.62. The first-order valence-electron chi connectivity index (χ1n) is 12.4. The van der Waals surface area contributed by atoms with Crippen molar-refractivity contribution in [3.63, 3.8) is 0 Å². The summed E-state index contributed by atoms with van der Waals surface area (Å²) in [6, 6.07) is 2.78. The number of allylic oxidation sites excluding steroid dienone is 4. The molecular formula is C29H28O10. The molecule has 2 bridgehead atoms. The van der Waals surface area contributed by atoms with Gasteiger partial charge in [0.1, 0.15) is 39.3 Å². The first-order chi connectivity index (χ1) is 18.2. The van der Waals surface area contributed by atoms with Crippen molar-refractivity contribution in [3.05, 3.63) is 74.9 Å². The molecule has 3 fully saturated rings. The number of hydrogen-bond donors (Lipinski definition) is 4. The maximum atomic E-state index is 14.0. The van der Waals surface area contributed by atoms with Gasteiger partial charge in [0.25, 0.3) is 0 Å². The zero-order valence-corrected chi connectivity index (χ0v) is 21.9. The molecule has 0 spiro atoms. The molecule has 1 aromatic heterocycles. The van der Waals surface area contributed by atoms with Gasteiger partial charge in [-0.3, -0.25) is 14.4 Å². The Labute approximate surface area is 222 Å². The summed E-state index contributed by atoms with van der Waals surface area (Å²) in [5.41, 5.74) is -8.74. The van der Waals surface area contributed by atoms with Gasteiger partial charge in [0.15, 0.2) is 17.2 Å². The van der Waals surface area contributed by atoms with E-state index >= 15 is 0 Å². The fraction of sp³-hybridized carbons (Fsp3) is 0.379. The van der Waals surface area contributed by atoms with E-state index in [0.717, 1.165) is 14.0 Å². The van der Waals surface area contributed by atoms with Gasteiger partial charge in [-0.2, -0.15) is 0 Å². The monoisotopic (exact) mass is 536 g/mol. The minimum absolute atomic E-state index is 0.0753. The maximum absolute atomic E-state index is 14.0. The number of carbonyl (C=O) groups excluding carboxylic acids is 3. The van der Waals surface area contributed by atoms with E-state index < -0.39 is 74.4 Å². The van der Waals surface area contributed by atoms with Crippen molar-refractivity contribution < 1.29 is 44.0 Å². The lowest BCUT2D eigenvalue weighted by atomic mass is 9.43. The number of phenolic OH excluding ortho intramolecular Hbond substituents is 1. The zero-order valence-electron chi connectivity index (χ0n) is 21.9. The number of benzene rings is 1. The van der Waals surface area contributed by atoms with Crippen molar-refractivity contribution in [1.29, 1.82) is 0 Å². The van der Waals surface area contributed by atoms with E-state index in [-0.39, 0.29) is 22.3 Å². The molecule has 10 heteroatoms. The Morgan fingerprint density at radius 2 is 1.77 bits per heavy atom. The summed E-state index contributed by atoms with van der Waals surface area (Å²) >= 11 is 0. The fourth-order valence-electron chi connectivity index (χ4n) is 6.96. The number of aromatic hydroxyl groups is 1. The molecule has 0 radical (unpaired) electrons. The van der Waals surface area contributed by atoms with E-state index in [2.05, 4.69) is 0 Å². The predicted octanol–water partition coefficient (Wildman–Crippen LogP) is 2.36. The number of ketones is 2. The van der Waals surface area contributed by atoms with Crippen LogP contribution in [0.3, 0.4) is 0 Å². The highest BCUT2D eigenvalue weighted by atomic mass is 16.5. The van der Waals surface area contributed by atoms with Gasteiger partial charge in [-0.15, -0.1) is 0 Å². The highest BCUT2D eigenvalue weighted by Gasteiger charge is 2.80. The summed E-state index contributed by atoms with van der Waals surface area (Å²) in [6.45, 7) is 5.77. The number of esters is 1. The average molecular weight is 537 g/mol. The van der Waals surface area contributed by atoms with Crippen LogP contribution in [0.25, 0.3) is 11.0 Å². The van der Waals surface area contributed by atoms with Gasteiger partial charge in [-0.05, 0) is 51.5 Å². The van der Waals surface area contributed by atoms with Crippen molar-refractivity contribution >= 4 is 28.5 Å². The molecule has 0 amide bonds. The highest BCUT2D eigenvalue weighted by Crippen LogP contribution is 2.70. The lowest BCUT2D eigenvalue weighted by molar-refractivity contribution is -0.201. The Morgan fingerprint density at radius 1 is 1.10 bits per heavy atom. The van der Waals surface area contributed by atoms with Gasteiger partial charge in [0.05, 0.1) is 12.7 Å². The van der Waals surface area contributed by atoms with Crippen LogP contribution in [-0.4, -0.2) is 50.7 Å². The van der Waals surface area contributed by atoms with Crippen LogP contribution in [0.2, 0.25) is 0 Å². The van der Waals surface area contributed by atoms with Crippen LogP contribution >= 0.6 is 0 Å². The van der Waals surface area contributed by atoms with E-state index in [1.807, 2.05) is 0 Å². The molecule has 6 rings (SSSR count). The number of carbonyl (C=O) groups is 3. The van der Waals surface area contributed by atoms with Crippen LogP contribution in [0.15, 0.2) is 57.0 Å². The van der Waals surface area contributed by atoms with E-state index in [0.29, 0.717) is 5.56 Å². The second-order valence-electron chi connectivity index (χ2n) is 10.8. The van der Waals surface area contributed by atoms with Crippen LogP contribution in [0.5, 0.6) is 5.75 Å². The van der Waals surface area contributed by atoms with Gasteiger partial charge >= 0.3 is 5.97 Å². The Hall–Kier alpha value is -4.02. The molecular weight excluding hydrogens is 508 g/mol. The normalized spacial score (nSPS) is 34.7. The largest absolute Gasteiger partial charge is 0.508 e. The van der Waals surface area contributed by atoms with E-state index in [1.54, 1.807) is 26.0 Å².